The van der Waals surface area contributed by atoms with Crippen molar-refractivity contribution in [1.82, 2.24) is 16.0 Å². The zero-order valence-corrected chi connectivity index (χ0v) is 20.1. The van der Waals surface area contributed by atoms with E-state index in [-0.39, 0.29) is 0 Å². The zero-order valence-electron chi connectivity index (χ0n) is 20.1. The fourth-order valence-corrected chi connectivity index (χ4v) is 1.44. The highest BCUT2D eigenvalue weighted by molar-refractivity contribution is 4.58. The van der Waals surface area contributed by atoms with Gasteiger partial charge in [0.1, 0.15) is 0 Å². The van der Waals surface area contributed by atoms with E-state index >= 15 is 0 Å². The topological polar surface area (TPSA) is 45.3 Å². The summed E-state index contributed by atoms with van der Waals surface area (Å²) in [6.45, 7) is 29.6. The Balaban J connectivity index is -0.000000120. The van der Waals surface area contributed by atoms with Crippen LogP contribution in [0.1, 0.15) is 82.1 Å². The predicted molar refractivity (Wildman–Crippen MR) is 122 cm³/mol. The predicted octanol–water partition coefficient (Wildman–Crippen LogP) is 4.94. The van der Waals surface area contributed by atoms with Crippen LogP contribution in [-0.4, -0.2) is 52.5 Å². The van der Waals surface area contributed by atoms with Crippen LogP contribution in [0.2, 0.25) is 0 Å². The normalized spacial score (nSPS) is 16.2. The van der Waals surface area contributed by atoms with Crippen LogP contribution in [0.15, 0.2) is 0 Å². The Labute approximate surface area is 167 Å². The van der Waals surface area contributed by atoms with E-state index in [4.69, 9.17) is 4.74 Å². The molecule has 0 radical (unpaired) electrons. The van der Waals surface area contributed by atoms with Gasteiger partial charge in [-0.2, -0.15) is 0 Å². The zero-order chi connectivity index (χ0) is 21.1. The number of nitrogens with one attached hydrogen (secondary N) is 3. The quantitative estimate of drug-likeness (QED) is 0.559. The van der Waals surface area contributed by atoms with Crippen LogP contribution in [0.25, 0.3) is 0 Å². The summed E-state index contributed by atoms with van der Waals surface area (Å²) in [5.74, 6) is 1.67. The SMILES string of the molecule is C1CNCCNC1.C1CNCCOC1.CC.CC.CC(C)C.CC(C)C. The van der Waals surface area contributed by atoms with E-state index in [0.717, 1.165) is 51.2 Å². The highest BCUT2D eigenvalue weighted by Gasteiger charge is 1.93. The minimum absolute atomic E-state index is 0.833. The van der Waals surface area contributed by atoms with Crippen LogP contribution in [0, 0.1) is 11.8 Å². The number of rotatable bonds is 0. The third kappa shape index (κ3) is 64.9. The van der Waals surface area contributed by atoms with E-state index in [1.165, 1.54) is 25.9 Å². The number of ether oxygens (including phenoxy) is 1. The lowest BCUT2D eigenvalue weighted by atomic mass is 10.3. The van der Waals surface area contributed by atoms with Crippen molar-refractivity contribution in [3.8, 4) is 0 Å². The van der Waals surface area contributed by atoms with Crippen LogP contribution in [-0.2, 0) is 4.74 Å². The molecule has 2 aliphatic rings. The largest absolute Gasteiger partial charge is 0.380 e. The fourth-order valence-electron chi connectivity index (χ4n) is 1.44. The molecule has 0 spiro atoms. The van der Waals surface area contributed by atoms with Gasteiger partial charge < -0.3 is 20.7 Å². The average Bonchev–Trinajstić information content (AvgIpc) is 3.08. The van der Waals surface area contributed by atoms with E-state index in [1.54, 1.807) is 0 Å². The van der Waals surface area contributed by atoms with Crippen molar-refractivity contribution in [3.05, 3.63) is 0 Å². The molecule has 4 heteroatoms. The summed E-state index contributed by atoms with van der Waals surface area (Å²) in [7, 11) is 0. The van der Waals surface area contributed by atoms with Crippen molar-refractivity contribution in [3.63, 3.8) is 0 Å². The molecule has 164 valence electrons. The van der Waals surface area contributed by atoms with Crippen molar-refractivity contribution in [2.75, 3.05) is 52.5 Å². The van der Waals surface area contributed by atoms with Crippen LogP contribution in [0.4, 0.5) is 0 Å². The smallest absolute Gasteiger partial charge is 0.0590 e. The summed E-state index contributed by atoms with van der Waals surface area (Å²) in [5.41, 5.74) is 0. The van der Waals surface area contributed by atoms with Gasteiger partial charge in [0.15, 0.2) is 0 Å². The lowest BCUT2D eigenvalue weighted by Gasteiger charge is -1.92. The summed E-state index contributed by atoms with van der Waals surface area (Å²) in [5, 5.41) is 9.79. The van der Waals surface area contributed by atoms with Gasteiger partial charge in [0.25, 0.3) is 0 Å². The molecule has 0 amide bonds. The molecule has 2 saturated heterocycles. The molecule has 2 fully saturated rings. The second-order valence-electron chi connectivity index (χ2n) is 7.03. The van der Waals surface area contributed by atoms with Gasteiger partial charge in [-0.05, 0) is 44.3 Å². The molecule has 0 aliphatic carbocycles. The molecule has 0 bridgehead atoms. The molecule has 0 saturated carbocycles. The Morgan fingerprint density at radius 1 is 0.500 bits per heavy atom. The molecule has 26 heavy (non-hydrogen) atoms. The summed E-state index contributed by atoms with van der Waals surface area (Å²) in [6, 6.07) is 0. The van der Waals surface area contributed by atoms with Gasteiger partial charge in [-0.25, -0.2) is 0 Å². The monoisotopic (exact) mass is 377 g/mol. The molecule has 0 atom stereocenters. The second-order valence-corrected chi connectivity index (χ2v) is 7.03. The summed E-state index contributed by atoms with van der Waals surface area (Å²) in [4.78, 5) is 0. The Hall–Kier alpha value is -0.160. The van der Waals surface area contributed by atoms with E-state index in [2.05, 4.69) is 57.5 Å². The van der Waals surface area contributed by atoms with Gasteiger partial charge in [0.2, 0.25) is 0 Å². The lowest BCUT2D eigenvalue weighted by Crippen LogP contribution is -2.21. The van der Waals surface area contributed by atoms with Gasteiger partial charge in [0, 0.05) is 26.2 Å². The van der Waals surface area contributed by atoms with E-state index in [1.807, 2.05) is 27.7 Å². The number of hydrogen-bond acceptors (Lipinski definition) is 4. The van der Waals surface area contributed by atoms with Crippen molar-refractivity contribution in [1.29, 1.82) is 0 Å². The Morgan fingerprint density at radius 2 is 0.846 bits per heavy atom. The molecule has 0 aromatic rings. The van der Waals surface area contributed by atoms with Crippen molar-refractivity contribution >= 4 is 0 Å². The molecular formula is C22H55N3O. The van der Waals surface area contributed by atoms with Crippen molar-refractivity contribution < 1.29 is 4.74 Å². The van der Waals surface area contributed by atoms with Crippen LogP contribution in [0.3, 0.4) is 0 Å². The first-order valence-electron chi connectivity index (χ1n) is 11.2. The second kappa shape index (κ2) is 35.9. The van der Waals surface area contributed by atoms with E-state index in [9.17, 15) is 0 Å². The highest BCUT2D eigenvalue weighted by Crippen LogP contribution is 1.84. The molecule has 2 rings (SSSR count). The highest BCUT2D eigenvalue weighted by atomic mass is 16.5. The van der Waals surface area contributed by atoms with Crippen LogP contribution in [0.5, 0.6) is 0 Å². The van der Waals surface area contributed by atoms with Crippen LogP contribution >= 0.6 is 0 Å². The summed E-state index contributed by atoms with van der Waals surface area (Å²) >= 11 is 0. The first kappa shape index (κ1) is 33.4. The van der Waals surface area contributed by atoms with Gasteiger partial charge in [-0.15, -0.1) is 0 Å². The van der Waals surface area contributed by atoms with E-state index in [0.29, 0.717) is 0 Å². The third-order valence-corrected chi connectivity index (χ3v) is 2.25. The molecule has 0 aromatic heterocycles. The fraction of sp³-hybridized carbons (Fsp3) is 1.00. The van der Waals surface area contributed by atoms with Gasteiger partial charge >= 0.3 is 0 Å². The minimum atomic E-state index is 0.833. The Kier molecular flexibility index (Phi) is 46.1. The maximum atomic E-state index is 5.13. The van der Waals surface area contributed by atoms with Crippen LogP contribution < -0.4 is 16.0 Å². The van der Waals surface area contributed by atoms with Gasteiger partial charge in [-0.3, -0.25) is 0 Å². The first-order chi connectivity index (χ1) is 12.5. The summed E-state index contributed by atoms with van der Waals surface area (Å²) < 4.78 is 5.13. The average molecular weight is 378 g/mol. The molecule has 4 nitrogen and oxygen atoms in total. The van der Waals surface area contributed by atoms with E-state index < -0.39 is 0 Å². The minimum Gasteiger partial charge on any atom is -0.380 e. The molecule has 2 aliphatic heterocycles. The number of hydrogen-bond donors (Lipinski definition) is 3. The van der Waals surface area contributed by atoms with Gasteiger partial charge in [-0.1, -0.05) is 69.2 Å². The standard InChI is InChI=1S/C5H12N2.C5H11NO.2C4H10.2C2H6/c1-2-6-4-5-7-3-1;1-2-6-3-5-7-4-1;2*1-4(2)3;2*1-2/h6-7H,1-5H2;6H,1-5H2;2*4H,1-3H3;2*1-2H3. The lowest BCUT2D eigenvalue weighted by molar-refractivity contribution is 0.151. The molecule has 3 N–H and O–H groups in total. The Bertz CT molecular complexity index is 123. The maximum Gasteiger partial charge on any atom is 0.0590 e. The maximum absolute atomic E-state index is 5.13. The Morgan fingerprint density at radius 3 is 1.27 bits per heavy atom. The van der Waals surface area contributed by atoms with Crippen molar-refractivity contribution in [2.24, 2.45) is 11.8 Å². The molecular weight excluding hydrogens is 322 g/mol. The van der Waals surface area contributed by atoms with Gasteiger partial charge in [0.05, 0.1) is 6.61 Å². The molecule has 2 heterocycles. The third-order valence-electron chi connectivity index (χ3n) is 2.25. The van der Waals surface area contributed by atoms with Crippen molar-refractivity contribution in [2.45, 2.75) is 82.1 Å². The first-order valence-corrected chi connectivity index (χ1v) is 11.2. The molecule has 0 aromatic carbocycles. The molecule has 0 unspecified atom stereocenters. The summed E-state index contributed by atoms with van der Waals surface area (Å²) in [6.07, 6.45) is 2.44.